The van der Waals surface area contributed by atoms with E-state index in [1.54, 1.807) is 36.4 Å². The Morgan fingerprint density at radius 1 is 0.613 bits per heavy atom. The molecule has 2 atom stereocenters. The lowest BCUT2D eigenvalue weighted by Crippen LogP contribution is -2.20. The number of phenols is 1. The maximum atomic E-state index is 14.1. The van der Waals surface area contributed by atoms with Gasteiger partial charge in [-0.3, -0.25) is 14.4 Å². The fourth-order valence-corrected chi connectivity index (χ4v) is 8.66. The number of ether oxygens (including phenoxy) is 9. The molecule has 6 aromatic carbocycles. The van der Waals surface area contributed by atoms with E-state index in [2.05, 4.69) is 22.1 Å². The minimum absolute atomic E-state index is 0.0269. The zero-order valence-corrected chi connectivity index (χ0v) is 41.9. The van der Waals surface area contributed by atoms with Gasteiger partial charge >= 0.3 is 0 Å². The quantitative estimate of drug-likeness (QED) is 0.0668. The van der Waals surface area contributed by atoms with Gasteiger partial charge in [0.1, 0.15) is 19.5 Å². The van der Waals surface area contributed by atoms with E-state index in [1.807, 2.05) is 72.8 Å². The Morgan fingerprint density at radius 2 is 1.21 bits per heavy atom. The van der Waals surface area contributed by atoms with Crippen LogP contribution >= 0.6 is 0 Å². The number of ketones is 3. The van der Waals surface area contributed by atoms with Crippen molar-refractivity contribution in [1.29, 1.82) is 0 Å². The molecule has 0 saturated carbocycles. The molecule has 75 heavy (non-hydrogen) atoms. The van der Waals surface area contributed by atoms with Crippen molar-refractivity contribution in [2.45, 2.75) is 19.1 Å². The van der Waals surface area contributed by atoms with E-state index >= 15 is 0 Å². The van der Waals surface area contributed by atoms with Crippen molar-refractivity contribution in [2.75, 3.05) is 55.9 Å². The smallest absolute Gasteiger partial charge is 0.226 e. The summed E-state index contributed by atoms with van der Waals surface area (Å²) in [5.41, 5.74) is 5.43. The molecule has 1 aromatic heterocycles. The van der Waals surface area contributed by atoms with Gasteiger partial charge in [0, 0.05) is 39.3 Å². The molecule has 9 rings (SSSR count). The molecule has 2 heterocycles. The first-order chi connectivity index (χ1) is 36.5. The minimum Gasteiger partial charge on any atom is -0.504 e. The summed E-state index contributed by atoms with van der Waals surface area (Å²) < 4.78 is 57.3. The van der Waals surface area contributed by atoms with Gasteiger partial charge in [-0.15, -0.1) is 0 Å². The lowest BCUT2D eigenvalue weighted by molar-refractivity contribution is 0.0945. The molecule has 0 amide bonds. The van der Waals surface area contributed by atoms with Gasteiger partial charge in [0.05, 0.1) is 49.3 Å². The average molecular weight is 1010 g/mol. The van der Waals surface area contributed by atoms with Crippen molar-refractivity contribution in [1.82, 2.24) is 4.98 Å². The molecular formula is C59H52N2O14. The van der Waals surface area contributed by atoms with E-state index in [0.717, 1.165) is 22.3 Å². The van der Waals surface area contributed by atoms with Crippen molar-refractivity contribution in [3.05, 3.63) is 184 Å². The number of nitrogens with zero attached hydrogens (tertiary/aromatic N) is 2. The second-order valence-electron chi connectivity index (χ2n) is 17.2. The summed E-state index contributed by atoms with van der Waals surface area (Å²) in [7, 11) is 8.81. The summed E-state index contributed by atoms with van der Waals surface area (Å²) >= 11 is 0. The first-order valence-electron chi connectivity index (χ1n) is 23.7. The van der Waals surface area contributed by atoms with Crippen LogP contribution in [0.25, 0.3) is 17.0 Å². The molecule has 2 unspecified atom stereocenters. The zero-order chi connectivity index (χ0) is 52.6. The Labute approximate surface area is 432 Å². The normalized spacial score (nSPS) is 14.7. The number of phenolic OH excluding ortho intramolecular Hbond substituents is 1. The third-order valence-electron chi connectivity index (χ3n) is 12.5. The van der Waals surface area contributed by atoms with Crippen LogP contribution in [-0.2, 0) is 11.3 Å². The number of carbonyl (C=O) groups is 3. The maximum absolute atomic E-state index is 14.1. The van der Waals surface area contributed by atoms with Gasteiger partial charge in [-0.25, -0.2) is 9.98 Å². The highest BCUT2D eigenvalue weighted by Gasteiger charge is 2.30. The first-order valence-corrected chi connectivity index (χ1v) is 23.7. The molecule has 16 heteroatoms. The molecule has 1 aliphatic carbocycles. The highest BCUT2D eigenvalue weighted by molar-refractivity contribution is 6.10. The van der Waals surface area contributed by atoms with Gasteiger partial charge in [-0.05, 0) is 83.8 Å². The maximum Gasteiger partial charge on any atom is 0.226 e. The number of oxazole rings is 1. The number of hydrogen-bond donors (Lipinski definition) is 1. The number of allylic oxidation sites excluding steroid dienone is 3. The van der Waals surface area contributed by atoms with E-state index in [4.69, 9.17) is 47.0 Å². The summed E-state index contributed by atoms with van der Waals surface area (Å²) in [5, 5.41) is 10.4. The number of rotatable bonds is 21. The molecule has 7 aromatic rings. The van der Waals surface area contributed by atoms with Gasteiger partial charge in [0.2, 0.25) is 34.8 Å². The Balaban J connectivity index is 0.842. The van der Waals surface area contributed by atoms with E-state index in [9.17, 15) is 19.5 Å². The molecule has 0 bridgehead atoms. The van der Waals surface area contributed by atoms with Crippen LogP contribution in [0.2, 0.25) is 0 Å². The van der Waals surface area contributed by atoms with Crippen LogP contribution in [-0.4, -0.2) is 95.3 Å². The number of benzene rings is 6. The Bertz CT molecular complexity index is 3340. The molecule has 382 valence electrons. The van der Waals surface area contributed by atoms with Gasteiger partial charge in [-0.1, -0.05) is 72.8 Å². The predicted molar refractivity (Wildman–Crippen MR) is 278 cm³/mol. The number of aromatic hydroxyl groups is 1. The van der Waals surface area contributed by atoms with Crippen LogP contribution in [0.5, 0.6) is 51.7 Å². The second kappa shape index (κ2) is 22.6. The van der Waals surface area contributed by atoms with Crippen LogP contribution in [0.4, 0.5) is 0 Å². The molecule has 0 fully saturated rings. The van der Waals surface area contributed by atoms with E-state index in [1.165, 1.54) is 61.1 Å². The first kappa shape index (κ1) is 50.6. The standard InChI is InChI=1S/C59H52N2O14/c1-66-47-25-41(24-46(62)55(47)69-4)52(63)37-21-19-36(20-22-37)40-14-10-11-35(23-40)31-73-51-29-43(27-49(68-3)57(51)71-6)54(65)45-33-75-59(61-45)39-17-15-34(16-18-39)30-72-50-28-42(26-48(67-2)56(50)70-5)53(64)44-32-74-58(60-44)38-12-8-7-9-13-38/h7-10,12-29,32,35,45,62H,11,30-31,33H2,1-6H3. The van der Waals surface area contributed by atoms with Crippen LogP contribution in [0.15, 0.2) is 149 Å². The second-order valence-corrected chi connectivity index (χ2v) is 17.2. The number of aromatic nitrogens is 1. The van der Waals surface area contributed by atoms with E-state index < -0.39 is 6.04 Å². The predicted octanol–water partition coefficient (Wildman–Crippen LogP) is 10.2. The molecule has 1 N–H and O–H groups in total. The average Bonchev–Trinajstić information content (AvgIpc) is 4.17. The Morgan fingerprint density at radius 3 is 1.88 bits per heavy atom. The largest absolute Gasteiger partial charge is 0.504 e. The van der Waals surface area contributed by atoms with E-state index in [0.29, 0.717) is 63.6 Å². The van der Waals surface area contributed by atoms with Crippen molar-refractivity contribution < 1.29 is 66.5 Å². The van der Waals surface area contributed by atoms with Crippen LogP contribution in [0.3, 0.4) is 0 Å². The van der Waals surface area contributed by atoms with Gasteiger partial charge in [0.15, 0.2) is 57.8 Å². The number of methoxy groups -OCH3 is 6. The third-order valence-corrected chi connectivity index (χ3v) is 12.5. The van der Waals surface area contributed by atoms with Crippen LogP contribution in [0.1, 0.15) is 65.4 Å². The number of hydrogen-bond acceptors (Lipinski definition) is 16. The third kappa shape index (κ3) is 10.9. The lowest BCUT2D eigenvalue weighted by atomic mass is 9.92. The summed E-state index contributed by atoms with van der Waals surface area (Å²) in [6.07, 6.45) is 8.21. The molecule has 1 aliphatic heterocycles. The Kier molecular flexibility index (Phi) is 15.3. The van der Waals surface area contributed by atoms with Gasteiger partial charge in [0.25, 0.3) is 0 Å². The molecular weight excluding hydrogens is 961 g/mol. The highest BCUT2D eigenvalue weighted by Crippen LogP contribution is 2.42. The van der Waals surface area contributed by atoms with Gasteiger partial charge < -0.3 is 52.2 Å². The van der Waals surface area contributed by atoms with Crippen LogP contribution in [0, 0.1) is 5.92 Å². The van der Waals surface area contributed by atoms with Crippen molar-refractivity contribution in [3.8, 4) is 63.2 Å². The monoisotopic (exact) mass is 1010 g/mol. The fraction of sp³-hybridized carbons (Fsp3) is 0.203. The fourth-order valence-electron chi connectivity index (χ4n) is 8.66. The van der Waals surface area contributed by atoms with Crippen LogP contribution < -0.4 is 37.9 Å². The van der Waals surface area contributed by atoms with E-state index in [-0.39, 0.29) is 82.9 Å². The molecule has 0 saturated heterocycles. The van der Waals surface area contributed by atoms with Crippen molar-refractivity contribution >= 4 is 28.8 Å². The lowest BCUT2D eigenvalue weighted by Gasteiger charge is -2.20. The number of aliphatic imine (C=N–C) groups is 1. The summed E-state index contributed by atoms with van der Waals surface area (Å²) in [6, 6.07) is 32.3. The molecule has 16 nitrogen and oxygen atoms in total. The SMILES string of the molecule is COc1cc(C(=O)c2ccc(C3=CC(COc4cc(C(=O)C5COC(c6ccc(COc7cc(C(=O)c8coc(-c9ccccc9)n8)cc(OC)c7OC)cc6)=N5)cc(OC)c4OC)CC=C3)cc2)cc(O)c1OC. The number of Topliss-reactive ketones (excluding diaryl/α,β-unsaturated/α-hetero) is 1. The molecule has 0 radical (unpaired) electrons. The van der Waals surface area contributed by atoms with Crippen molar-refractivity contribution in [2.24, 2.45) is 10.9 Å². The Hall–Kier alpha value is -9.31. The zero-order valence-electron chi connectivity index (χ0n) is 41.9. The molecule has 0 spiro atoms. The minimum atomic E-state index is -0.838. The summed E-state index contributed by atoms with van der Waals surface area (Å²) in [4.78, 5) is 50.2. The molecule has 2 aliphatic rings. The summed E-state index contributed by atoms with van der Waals surface area (Å²) in [6.45, 7) is 0.397. The topological polar surface area (TPSA) is 193 Å². The highest BCUT2D eigenvalue weighted by atomic mass is 16.5. The number of carbonyl (C=O) groups excluding carboxylic acids is 3. The van der Waals surface area contributed by atoms with Crippen molar-refractivity contribution in [3.63, 3.8) is 0 Å². The van der Waals surface area contributed by atoms with Gasteiger partial charge in [-0.2, -0.15) is 0 Å². The summed E-state index contributed by atoms with van der Waals surface area (Å²) in [5.74, 6) is 1.72.